The first-order chi connectivity index (χ1) is 9.78. The van der Waals surface area contributed by atoms with Gasteiger partial charge in [-0.25, -0.2) is 0 Å². The van der Waals surface area contributed by atoms with Gasteiger partial charge in [-0.05, 0) is 17.7 Å². The van der Waals surface area contributed by atoms with Crippen LogP contribution in [0.2, 0.25) is 0 Å². The Kier molecular flexibility index (Phi) is 3.70. The quantitative estimate of drug-likeness (QED) is 0.861. The number of nitrogens with two attached hydrogens (primary N) is 1. The molecular weight excluding hydrogens is 274 g/mol. The summed E-state index contributed by atoms with van der Waals surface area (Å²) in [5.41, 5.74) is 8.54. The molecule has 1 aliphatic rings. The monoisotopic (exact) mass is 289 g/mol. The fraction of sp³-hybridized carbons (Fsp3) is 0.308. The summed E-state index contributed by atoms with van der Waals surface area (Å²) in [5.74, 6) is 1.61. The summed E-state index contributed by atoms with van der Waals surface area (Å²) in [6.07, 6.45) is 0.697. The molecule has 1 aromatic carbocycles. The number of rotatable bonds is 4. The zero-order chi connectivity index (χ0) is 13.9. The highest BCUT2D eigenvalue weighted by Crippen LogP contribution is 2.24. The number of fused-ring (bicyclic) bond motifs is 1. The maximum atomic E-state index is 5.71. The molecule has 0 spiro atoms. The van der Waals surface area contributed by atoms with Gasteiger partial charge in [0.25, 0.3) is 0 Å². The van der Waals surface area contributed by atoms with Gasteiger partial charge in [-0.15, -0.1) is 10.2 Å². The molecule has 1 aromatic heterocycles. The molecule has 1 aliphatic heterocycles. The second-order valence-electron chi connectivity index (χ2n) is 4.41. The third-order valence-corrected chi connectivity index (χ3v) is 3.94. The highest BCUT2D eigenvalue weighted by atomic mass is 32.2. The van der Waals surface area contributed by atoms with Crippen molar-refractivity contribution >= 4 is 23.2 Å². The van der Waals surface area contributed by atoms with E-state index in [4.69, 9.17) is 10.5 Å². The topological polar surface area (TPSA) is 78.3 Å². The molecule has 0 unspecified atom stereocenters. The molecule has 0 amide bonds. The van der Waals surface area contributed by atoms with Crippen LogP contribution in [-0.4, -0.2) is 40.1 Å². The second-order valence-corrected chi connectivity index (χ2v) is 5.35. The van der Waals surface area contributed by atoms with Crippen molar-refractivity contribution in [2.24, 2.45) is 5.10 Å². The van der Waals surface area contributed by atoms with E-state index in [2.05, 4.69) is 15.3 Å². The largest absolute Gasteiger partial charge is 0.399 e. The van der Waals surface area contributed by atoms with Gasteiger partial charge in [-0.1, -0.05) is 23.9 Å². The van der Waals surface area contributed by atoms with Crippen molar-refractivity contribution in [3.63, 3.8) is 0 Å². The molecule has 0 radical (unpaired) electrons. The van der Waals surface area contributed by atoms with Gasteiger partial charge in [0.2, 0.25) is 5.16 Å². The molecule has 3 rings (SSSR count). The van der Waals surface area contributed by atoms with Crippen LogP contribution in [0.3, 0.4) is 0 Å². The minimum atomic E-state index is 0.607. The van der Waals surface area contributed by atoms with E-state index in [-0.39, 0.29) is 0 Å². The molecule has 0 saturated heterocycles. The van der Waals surface area contributed by atoms with Crippen molar-refractivity contribution in [1.29, 1.82) is 0 Å². The minimum Gasteiger partial charge on any atom is -0.399 e. The van der Waals surface area contributed by atoms with Crippen molar-refractivity contribution in [2.45, 2.75) is 11.6 Å². The summed E-state index contributed by atoms with van der Waals surface area (Å²) in [5, 5.41) is 13.8. The molecule has 2 N–H and O–H groups in total. The zero-order valence-corrected chi connectivity index (χ0v) is 11.9. The molecule has 2 heterocycles. The SMILES string of the molecule is COCCc1nnc2n1N=C(c1ccc(N)cc1)CS2. The second kappa shape index (κ2) is 5.64. The van der Waals surface area contributed by atoms with Gasteiger partial charge in [0.1, 0.15) is 0 Å². The molecule has 2 aromatic rings. The van der Waals surface area contributed by atoms with Crippen LogP contribution in [0.1, 0.15) is 11.4 Å². The number of methoxy groups -OCH3 is 1. The predicted octanol–water partition coefficient (Wildman–Crippen LogP) is 1.41. The van der Waals surface area contributed by atoms with E-state index in [1.807, 2.05) is 24.3 Å². The molecule has 0 saturated carbocycles. The van der Waals surface area contributed by atoms with Gasteiger partial charge >= 0.3 is 0 Å². The molecule has 0 bridgehead atoms. The Morgan fingerprint density at radius 1 is 1.30 bits per heavy atom. The van der Waals surface area contributed by atoms with E-state index in [0.29, 0.717) is 13.0 Å². The fourth-order valence-electron chi connectivity index (χ4n) is 1.93. The fourth-order valence-corrected chi connectivity index (χ4v) is 2.79. The number of nitrogens with zero attached hydrogens (tertiary/aromatic N) is 4. The lowest BCUT2D eigenvalue weighted by Crippen LogP contribution is -2.15. The highest BCUT2D eigenvalue weighted by Gasteiger charge is 2.19. The van der Waals surface area contributed by atoms with Gasteiger partial charge in [0, 0.05) is 25.0 Å². The summed E-state index contributed by atoms with van der Waals surface area (Å²) in [6.45, 7) is 0.607. The molecular formula is C13H15N5OS. The average molecular weight is 289 g/mol. The minimum absolute atomic E-state index is 0.607. The first-order valence-electron chi connectivity index (χ1n) is 6.27. The van der Waals surface area contributed by atoms with Crippen molar-refractivity contribution < 1.29 is 4.74 Å². The van der Waals surface area contributed by atoms with Gasteiger partial charge in [-0.2, -0.15) is 9.78 Å². The van der Waals surface area contributed by atoms with E-state index in [1.165, 1.54) is 0 Å². The molecule has 104 valence electrons. The summed E-state index contributed by atoms with van der Waals surface area (Å²) in [6, 6.07) is 7.74. The van der Waals surface area contributed by atoms with Crippen molar-refractivity contribution in [3.8, 4) is 0 Å². The van der Waals surface area contributed by atoms with E-state index in [0.717, 1.165) is 33.7 Å². The van der Waals surface area contributed by atoms with Crippen LogP contribution < -0.4 is 5.73 Å². The van der Waals surface area contributed by atoms with Crippen LogP contribution in [0.5, 0.6) is 0 Å². The number of anilines is 1. The lowest BCUT2D eigenvalue weighted by atomic mass is 10.1. The molecule has 7 heteroatoms. The summed E-state index contributed by atoms with van der Waals surface area (Å²) in [7, 11) is 1.67. The van der Waals surface area contributed by atoms with Gasteiger partial charge in [0.15, 0.2) is 5.82 Å². The third-order valence-electron chi connectivity index (χ3n) is 3.01. The summed E-state index contributed by atoms with van der Waals surface area (Å²) >= 11 is 1.64. The highest BCUT2D eigenvalue weighted by molar-refractivity contribution is 7.99. The molecule has 6 nitrogen and oxygen atoms in total. The number of hydrogen-bond donors (Lipinski definition) is 1. The smallest absolute Gasteiger partial charge is 0.212 e. The van der Waals surface area contributed by atoms with Crippen LogP contribution in [0.4, 0.5) is 5.69 Å². The van der Waals surface area contributed by atoms with Crippen LogP contribution in [-0.2, 0) is 11.2 Å². The van der Waals surface area contributed by atoms with Crippen molar-refractivity contribution in [3.05, 3.63) is 35.7 Å². The van der Waals surface area contributed by atoms with Gasteiger partial charge in [0.05, 0.1) is 12.3 Å². The maximum absolute atomic E-state index is 5.71. The van der Waals surface area contributed by atoms with E-state index in [1.54, 1.807) is 23.5 Å². The van der Waals surface area contributed by atoms with E-state index >= 15 is 0 Å². The zero-order valence-electron chi connectivity index (χ0n) is 11.1. The van der Waals surface area contributed by atoms with Crippen LogP contribution >= 0.6 is 11.8 Å². The number of aromatic nitrogens is 3. The van der Waals surface area contributed by atoms with E-state index < -0.39 is 0 Å². The first kappa shape index (κ1) is 13.1. The third kappa shape index (κ3) is 2.54. The lowest BCUT2D eigenvalue weighted by Gasteiger charge is -2.13. The van der Waals surface area contributed by atoms with Crippen LogP contribution in [0, 0.1) is 0 Å². The average Bonchev–Trinajstić information content (AvgIpc) is 2.88. The number of thioether (sulfide) groups is 1. The number of hydrogen-bond acceptors (Lipinski definition) is 6. The molecule has 20 heavy (non-hydrogen) atoms. The Labute approximate surface area is 121 Å². The number of benzene rings is 1. The van der Waals surface area contributed by atoms with E-state index in [9.17, 15) is 0 Å². The Bertz CT molecular complexity index is 635. The Balaban J connectivity index is 1.92. The predicted molar refractivity (Wildman–Crippen MR) is 79.1 cm³/mol. The van der Waals surface area contributed by atoms with Crippen molar-refractivity contribution in [1.82, 2.24) is 14.9 Å². The van der Waals surface area contributed by atoms with Gasteiger partial charge < -0.3 is 10.5 Å². The standard InChI is InChI=1S/C13H15N5OS/c1-19-7-6-12-15-16-13-18(12)17-11(8-20-13)9-2-4-10(14)5-3-9/h2-5H,6-8,14H2,1H3. The molecule has 0 fully saturated rings. The first-order valence-corrected chi connectivity index (χ1v) is 7.26. The Morgan fingerprint density at radius 2 is 2.10 bits per heavy atom. The molecule has 0 atom stereocenters. The lowest BCUT2D eigenvalue weighted by molar-refractivity contribution is 0.199. The number of nitrogen functional groups attached to an aromatic ring is 1. The summed E-state index contributed by atoms with van der Waals surface area (Å²) in [4.78, 5) is 0. The Hall–Kier alpha value is -1.86. The maximum Gasteiger partial charge on any atom is 0.212 e. The normalized spacial score (nSPS) is 13.9. The summed E-state index contributed by atoms with van der Waals surface area (Å²) < 4.78 is 6.88. The molecule has 0 aliphatic carbocycles. The number of ether oxygens (including phenoxy) is 1. The van der Waals surface area contributed by atoms with Crippen LogP contribution in [0.15, 0.2) is 34.5 Å². The van der Waals surface area contributed by atoms with Crippen LogP contribution in [0.25, 0.3) is 0 Å². The Morgan fingerprint density at radius 3 is 2.85 bits per heavy atom. The van der Waals surface area contributed by atoms with Gasteiger partial charge in [-0.3, -0.25) is 0 Å². The van der Waals surface area contributed by atoms with Crippen molar-refractivity contribution in [2.75, 3.05) is 25.2 Å².